The molecule has 1 saturated carbocycles. The van der Waals surface area contributed by atoms with Crippen LogP contribution in [0.4, 0.5) is 5.82 Å². The molecule has 1 aromatic heterocycles. The monoisotopic (exact) mass is 261 g/mol. The lowest BCUT2D eigenvalue weighted by molar-refractivity contribution is 0.109. The Balaban J connectivity index is 1.91. The van der Waals surface area contributed by atoms with Crippen molar-refractivity contribution >= 4 is 5.82 Å². The largest absolute Gasteiger partial charge is 0.373 e. The van der Waals surface area contributed by atoms with E-state index < -0.39 is 0 Å². The Morgan fingerprint density at radius 3 is 2.68 bits per heavy atom. The molecule has 0 spiro atoms. The number of anilines is 1. The summed E-state index contributed by atoms with van der Waals surface area (Å²) in [6.45, 7) is 3.20. The average Bonchev–Trinajstić information content (AvgIpc) is 3.25. The van der Waals surface area contributed by atoms with E-state index >= 15 is 0 Å². The van der Waals surface area contributed by atoms with Crippen molar-refractivity contribution in [1.82, 2.24) is 19.8 Å². The SMILES string of the molecule is CNc1cc(C2CC2)nc(C2CN(C)CCN2C)n1. The molecule has 5 heteroatoms. The minimum Gasteiger partial charge on any atom is -0.373 e. The second kappa shape index (κ2) is 5.06. The molecule has 0 bridgehead atoms. The molecule has 0 radical (unpaired) electrons. The summed E-state index contributed by atoms with van der Waals surface area (Å²) in [6.07, 6.45) is 2.56. The Morgan fingerprint density at radius 1 is 1.21 bits per heavy atom. The number of likely N-dealkylation sites (N-methyl/N-ethyl adjacent to an activating group) is 2. The van der Waals surface area contributed by atoms with Crippen LogP contribution in [0.3, 0.4) is 0 Å². The third kappa shape index (κ3) is 2.72. The number of nitrogens with zero attached hydrogens (tertiary/aromatic N) is 4. The first-order chi connectivity index (χ1) is 9.17. The maximum absolute atomic E-state index is 4.83. The van der Waals surface area contributed by atoms with Crippen molar-refractivity contribution in [3.05, 3.63) is 17.6 Å². The zero-order chi connectivity index (χ0) is 13.4. The first-order valence-electron chi connectivity index (χ1n) is 7.13. The van der Waals surface area contributed by atoms with Gasteiger partial charge in [-0.25, -0.2) is 9.97 Å². The summed E-state index contributed by atoms with van der Waals surface area (Å²) in [5.41, 5.74) is 1.22. The molecule has 1 aliphatic carbocycles. The van der Waals surface area contributed by atoms with Crippen molar-refractivity contribution < 1.29 is 0 Å². The molecule has 1 atom stereocenters. The van der Waals surface area contributed by atoms with E-state index in [1.165, 1.54) is 18.5 Å². The van der Waals surface area contributed by atoms with Crippen LogP contribution in [0.1, 0.15) is 36.3 Å². The standard InChI is InChI=1S/C14H23N5/c1-15-13-8-11(10-4-5-10)16-14(17-13)12-9-18(2)6-7-19(12)3/h8,10,12H,4-7,9H2,1-3H3,(H,15,16,17). The highest BCUT2D eigenvalue weighted by molar-refractivity contribution is 5.37. The number of nitrogens with one attached hydrogen (secondary N) is 1. The first-order valence-corrected chi connectivity index (χ1v) is 7.13. The molecule has 104 valence electrons. The fourth-order valence-corrected chi connectivity index (χ4v) is 2.64. The summed E-state index contributed by atoms with van der Waals surface area (Å²) >= 11 is 0. The third-order valence-corrected chi connectivity index (χ3v) is 4.16. The van der Waals surface area contributed by atoms with Crippen molar-refractivity contribution in [3.63, 3.8) is 0 Å². The topological polar surface area (TPSA) is 44.3 Å². The molecular weight excluding hydrogens is 238 g/mol. The molecule has 1 saturated heterocycles. The Hall–Kier alpha value is -1.20. The van der Waals surface area contributed by atoms with E-state index in [0.29, 0.717) is 12.0 Å². The molecule has 5 nitrogen and oxygen atoms in total. The van der Waals surface area contributed by atoms with Gasteiger partial charge in [0.1, 0.15) is 11.6 Å². The summed E-state index contributed by atoms with van der Waals surface area (Å²) in [5, 5.41) is 3.17. The zero-order valence-electron chi connectivity index (χ0n) is 12.1. The van der Waals surface area contributed by atoms with Crippen LogP contribution >= 0.6 is 0 Å². The Morgan fingerprint density at radius 2 is 2.00 bits per heavy atom. The van der Waals surface area contributed by atoms with Gasteiger partial charge in [-0.15, -0.1) is 0 Å². The molecule has 19 heavy (non-hydrogen) atoms. The van der Waals surface area contributed by atoms with Crippen LogP contribution in [0.5, 0.6) is 0 Å². The van der Waals surface area contributed by atoms with Gasteiger partial charge >= 0.3 is 0 Å². The number of piperazine rings is 1. The highest BCUT2D eigenvalue weighted by atomic mass is 15.3. The van der Waals surface area contributed by atoms with Crippen LogP contribution < -0.4 is 5.32 Å². The number of aromatic nitrogens is 2. The summed E-state index contributed by atoms with van der Waals surface area (Å²) < 4.78 is 0. The van der Waals surface area contributed by atoms with E-state index in [9.17, 15) is 0 Å². The van der Waals surface area contributed by atoms with Crippen LogP contribution in [0.2, 0.25) is 0 Å². The molecule has 3 rings (SSSR count). The molecule has 1 aromatic rings. The molecule has 0 amide bonds. The van der Waals surface area contributed by atoms with Crippen LogP contribution in [-0.4, -0.2) is 60.5 Å². The van der Waals surface area contributed by atoms with Crippen molar-refractivity contribution in [2.45, 2.75) is 24.8 Å². The minimum absolute atomic E-state index is 0.310. The van der Waals surface area contributed by atoms with Gasteiger partial charge in [0.25, 0.3) is 0 Å². The predicted octanol–water partition coefficient (Wildman–Crippen LogP) is 1.31. The van der Waals surface area contributed by atoms with Gasteiger partial charge in [0.15, 0.2) is 0 Å². The van der Waals surface area contributed by atoms with Crippen LogP contribution in [-0.2, 0) is 0 Å². The van der Waals surface area contributed by atoms with Gasteiger partial charge in [-0.1, -0.05) is 0 Å². The molecular formula is C14H23N5. The minimum atomic E-state index is 0.310. The second-order valence-corrected chi connectivity index (χ2v) is 5.82. The van der Waals surface area contributed by atoms with Crippen molar-refractivity contribution in [2.24, 2.45) is 0 Å². The molecule has 2 heterocycles. The van der Waals surface area contributed by atoms with E-state index in [0.717, 1.165) is 31.3 Å². The molecule has 2 fully saturated rings. The number of hydrogen-bond acceptors (Lipinski definition) is 5. The van der Waals surface area contributed by atoms with Gasteiger partial charge in [-0.2, -0.15) is 0 Å². The number of hydrogen-bond donors (Lipinski definition) is 1. The van der Waals surface area contributed by atoms with E-state index in [2.05, 4.69) is 40.3 Å². The summed E-state index contributed by atoms with van der Waals surface area (Å²) in [7, 11) is 6.27. The highest BCUT2D eigenvalue weighted by Crippen LogP contribution is 2.40. The van der Waals surface area contributed by atoms with Crippen LogP contribution in [0, 0.1) is 0 Å². The lowest BCUT2D eigenvalue weighted by atomic mass is 10.1. The van der Waals surface area contributed by atoms with E-state index in [-0.39, 0.29) is 0 Å². The molecule has 2 aliphatic rings. The Bertz CT molecular complexity index is 457. The molecule has 1 aliphatic heterocycles. The van der Waals surface area contributed by atoms with Crippen molar-refractivity contribution in [1.29, 1.82) is 0 Å². The van der Waals surface area contributed by atoms with Gasteiger partial charge in [0.2, 0.25) is 0 Å². The van der Waals surface area contributed by atoms with Crippen LogP contribution in [0.25, 0.3) is 0 Å². The summed E-state index contributed by atoms with van der Waals surface area (Å²) in [6, 6.07) is 2.41. The molecule has 1 unspecified atom stereocenters. The number of rotatable bonds is 3. The highest BCUT2D eigenvalue weighted by Gasteiger charge is 2.30. The second-order valence-electron chi connectivity index (χ2n) is 5.82. The van der Waals surface area contributed by atoms with Gasteiger partial charge in [0, 0.05) is 44.4 Å². The predicted molar refractivity (Wildman–Crippen MR) is 76.4 cm³/mol. The lowest BCUT2D eigenvalue weighted by Gasteiger charge is -2.36. The van der Waals surface area contributed by atoms with Crippen molar-refractivity contribution in [3.8, 4) is 0 Å². The van der Waals surface area contributed by atoms with Gasteiger partial charge in [-0.3, -0.25) is 4.90 Å². The zero-order valence-corrected chi connectivity index (χ0v) is 12.1. The van der Waals surface area contributed by atoms with E-state index in [1.54, 1.807) is 0 Å². The normalized spacial score (nSPS) is 25.5. The Kier molecular flexibility index (Phi) is 3.41. The maximum Gasteiger partial charge on any atom is 0.149 e. The third-order valence-electron chi connectivity index (χ3n) is 4.16. The summed E-state index contributed by atoms with van der Waals surface area (Å²) in [5.74, 6) is 2.59. The molecule has 1 N–H and O–H groups in total. The van der Waals surface area contributed by atoms with Crippen LogP contribution in [0.15, 0.2) is 6.07 Å². The molecule has 0 aromatic carbocycles. The Labute approximate surface area is 115 Å². The fraction of sp³-hybridized carbons (Fsp3) is 0.714. The first kappa shape index (κ1) is 12.8. The van der Waals surface area contributed by atoms with Crippen molar-refractivity contribution in [2.75, 3.05) is 46.1 Å². The lowest BCUT2D eigenvalue weighted by Crippen LogP contribution is -2.45. The smallest absolute Gasteiger partial charge is 0.149 e. The maximum atomic E-state index is 4.83. The van der Waals surface area contributed by atoms with E-state index in [1.807, 2.05) is 7.05 Å². The summed E-state index contributed by atoms with van der Waals surface area (Å²) in [4.78, 5) is 14.2. The fourth-order valence-electron chi connectivity index (χ4n) is 2.64. The van der Waals surface area contributed by atoms with E-state index in [4.69, 9.17) is 4.98 Å². The van der Waals surface area contributed by atoms with Gasteiger partial charge in [-0.05, 0) is 26.9 Å². The van der Waals surface area contributed by atoms with Gasteiger partial charge < -0.3 is 10.2 Å². The average molecular weight is 261 g/mol. The quantitative estimate of drug-likeness (QED) is 0.889. The van der Waals surface area contributed by atoms with Gasteiger partial charge in [0.05, 0.1) is 6.04 Å².